The number of halogens is 1. The molecule has 0 heterocycles. The van der Waals surface area contributed by atoms with Gasteiger partial charge in [0.2, 0.25) is 0 Å². The fraction of sp³-hybridized carbons (Fsp3) is 0.222. The molecule has 0 aliphatic rings. The summed E-state index contributed by atoms with van der Waals surface area (Å²) in [7, 11) is 0. The molecule has 72 valence electrons. The van der Waals surface area contributed by atoms with Gasteiger partial charge in [-0.15, -0.1) is 0 Å². The Morgan fingerprint density at radius 3 is 2.38 bits per heavy atom. The average molecular weight is 202 g/mol. The standard InChI is InChI=1S/C7H7Cl.C2H5NO2/c1-6-3-2-4-7(8)5-6;3-1-2(4)5/h2-5H,1H3;1,3H2,(H,4,5). The summed E-state index contributed by atoms with van der Waals surface area (Å²) >= 11 is 5.64. The number of carboxylic acids is 1. The van der Waals surface area contributed by atoms with Crippen LogP contribution in [0.25, 0.3) is 0 Å². The summed E-state index contributed by atoms with van der Waals surface area (Å²) in [5, 5.41) is 8.41. The molecule has 1 aromatic rings. The van der Waals surface area contributed by atoms with E-state index in [1.54, 1.807) is 0 Å². The van der Waals surface area contributed by atoms with Crippen molar-refractivity contribution in [3.05, 3.63) is 34.9 Å². The molecule has 13 heavy (non-hydrogen) atoms. The molecule has 0 saturated heterocycles. The third-order valence-corrected chi connectivity index (χ3v) is 1.39. The molecule has 1 rings (SSSR count). The zero-order chi connectivity index (χ0) is 10.3. The number of carboxylic acid groups (broad SMARTS) is 1. The Hall–Kier alpha value is -1.06. The Morgan fingerprint density at radius 1 is 1.62 bits per heavy atom. The zero-order valence-corrected chi connectivity index (χ0v) is 8.08. The molecule has 0 bridgehead atoms. The monoisotopic (exact) mass is 201 g/mol. The number of hydrogen-bond donors (Lipinski definition) is 2. The summed E-state index contributed by atoms with van der Waals surface area (Å²) in [6.07, 6.45) is 0. The van der Waals surface area contributed by atoms with E-state index in [0.29, 0.717) is 0 Å². The number of nitrogens with two attached hydrogens (primary N) is 1. The summed E-state index contributed by atoms with van der Waals surface area (Å²) in [5.74, 6) is -0.968. The van der Waals surface area contributed by atoms with Crippen LogP contribution in [0.1, 0.15) is 5.56 Å². The minimum absolute atomic E-state index is 0.278. The smallest absolute Gasteiger partial charge is 0.317 e. The van der Waals surface area contributed by atoms with E-state index < -0.39 is 5.97 Å². The molecule has 0 atom stereocenters. The number of rotatable bonds is 1. The maximum Gasteiger partial charge on any atom is 0.317 e. The summed E-state index contributed by atoms with van der Waals surface area (Å²) in [5.41, 5.74) is 5.78. The van der Waals surface area contributed by atoms with Crippen LogP contribution in [-0.2, 0) is 4.79 Å². The number of aryl methyl sites for hydroxylation is 1. The van der Waals surface area contributed by atoms with Gasteiger partial charge in [0.05, 0.1) is 6.54 Å². The van der Waals surface area contributed by atoms with Crippen molar-refractivity contribution < 1.29 is 9.90 Å². The second kappa shape index (κ2) is 6.46. The quantitative estimate of drug-likeness (QED) is 0.727. The number of carbonyl (C=O) groups is 1. The molecule has 0 unspecified atom stereocenters. The van der Waals surface area contributed by atoms with Gasteiger partial charge in [0.25, 0.3) is 0 Å². The van der Waals surface area contributed by atoms with Gasteiger partial charge in [0.15, 0.2) is 0 Å². The lowest BCUT2D eigenvalue weighted by Gasteiger charge is -1.88. The van der Waals surface area contributed by atoms with Crippen molar-refractivity contribution in [3.63, 3.8) is 0 Å². The van der Waals surface area contributed by atoms with Crippen molar-refractivity contribution in [2.45, 2.75) is 6.92 Å². The normalized spacial score (nSPS) is 8.54. The number of hydrogen-bond acceptors (Lipinski definition) is 2. The maximum atomic E-state index is 9.24. The van der Waals surface area contributed by atoms with Gasteiger partial charge >= 0.3 is 5.97 Å². The van der Waals surface area contributed by atoms with Gasteiger partial charge in [-0.2, -0.15) is 0 Å². The Morgan fingerprint density at radius 2 is 2.15 bits per heavy atom. The fourth-order valence-corrected chi connectivity index (χ4v) is 0.850. The van der Waals surface area contributed by atoms with Gasteiger partial charge in [0, 0.05) is 5.02 Å². The molecule has 0 aliphatic carbocycles. The molecule has 0 spiro atoms. The average Bonchev–Trinajstić information content (AvgIpc) is 2.05. The van der Waals surface area contributed by atoms with E-state index in [2.05, 4.69) is 5.73 Å². The largest absolute Gasteiger partial charge is 0.480 e. The van der Waals surface area contributed by atoms with Crippen LogP contribution in [0.4, 0.5) is 0 Å². The van der Waals surface area contributed by atoms with Crippen LogP contribution >= 0.6 is 11.6 Å². The maximum absolute atomic E-state index is 9.24. The second-order valence-corrected chi connectivity index (χ2v) is 2.83. The van der Waals surface area contributed by atoms with Crippen LogP contribution in [0.5, 0.6) is 0 Å². The molecule has 3 nitrogen and oxygen atoms in total. The van der Waals surface area contributed by atoms with Crippen molar-refractivity contribution in [3.8, 4) is 0 Å². The number of benzene rings is 1. The molecule has 0 amide bonds. The van der Waals surface area contributed by atoms with Gasteiger partial charge in [-0.25, -0.2) is 0 Å². The highest BCUT2D eigenvalue weighted by molar-refractivity contribution is 6.30. The third kappa shape index (κ3) is 7.31. The van der Waals surface area contributed by atoms with Crippen LogP contribution in [0.3, 0.4) is 0 Å². The molecular weight excluding hydrogens is 190 g/mol. The number of aliphatic carboxylic acids is 1. The van der Waals surface area contributed by atoms with E-state index in [4.69, 9.17) is 16.7 Å². The first-order valence-corrected chi connectivity index (χ1v) is 4.08. The van der Waals surface area contributed by atoms with Crippen LogP contribution in [0.2, 0.25) is 5.02 Å². The first kappa shape index (κ1) is 11.9. The minimum Gasteiger partial charge on any atom is -0.480 e. The summed E-state index contributed by atoms with van der Waals surface area (Å²) < 4.78 is 0. The van der Waals surface area contributed by atoms with Crippen molar-refractivity contribution >= 4 is 17.6 Å². The highest BCUT2D eigenvalue weighted by Gasteiger charge is 1.83. The summed E-state index contributed by atoms with van der Waals surface area (Å²) in [4.78, 5) is 9.24. The van der Waals surface area contributed by atoms with E-state index in [9.17, 15) is 4.79 Å². The Labute approximate surface area is 82.1 Å². The predicted octanol–water partition coefficient (Wildman–Crippen LogP) is 1.68. The SMILES string of the molecule is Cc1cccc(Cl)c1.NCC(=O)O. The van der Waals surface area contributed by atoms with Gasteiger partial charge in [0.1, 0.15) is 0 Å². The van der Waals surface area contributed by atoms with E-state index in [-0.39, 0.29) is 6.54 Å². The zero-order valence-electron chi connectivity index (χ0n) is 7.33. The van der Waals surface area contributed by atoms with Gasteiger partial charge in [-0.1, -0.05) is 23.7 Å². The highest BCUT2D eigenvalue weighted by atomic mass is 35.5. The first-order valence-electron chi connectivity index (χ1n) is 3.70. The Balaban J connectivity index is 0.000000252. The van der Waals surface area contributed by atoms with Crippen molar-refractivity contribution in [1.29, 1.82) is 0 Å². The topological polar surface area (TPSA) is 63.3 Å². The van der Waals surface area contributed by atoms with E-state index >= 15 is 0 Å². The molecule has 0 aromatic heterocycles. The lowest BCUT2D eigenvalue weighted by atomic mass is 10.2. The van der Waals surface area contributed by atoms with Crippen LogP contribution in [-0.4, -0.2) is 17.6 Å². The van der Waals surface area contributed by atoms with Gasteiger partial charge in [-0.3, -0.25) is 4.79 Å². The Bertz CT molecular complexity index is 259. The van der Waals surface area contributed by atoms with Crippen LogP contribution < -0.4 is 5.73 Å². The minimum atomic E-state index is -0.968. The van der Waals surface area contributed by atoms with E-state index in [1.807, 2.05) is 31.2 Å². The van der Waals surface area contributed by atoms with Crippen LogP contribution in [0, 0.1) is 6.92 Å². The lowest BCUT2D eigenvalue weighted by molar-refractivity contribution is -0.135. The predicted molar refractivity (Wildman–Crippen MR) is 52.9 cm³/mol. The molecule has 0 radical (unpaired) electrons. The molecule has 0 fully saturated rings. The summed E-state index contributed by atoms with van der Waals surface area (Å²) in [6.45, 7) is 1.74. The molecule has 1 aromatic carbocycles. The van der Waals surface area contributed by atoms with Crippen LogP contribution in [0.15, 0.2) is 24.3 Å². The van der Waals surface area contributed by atoms with Gasteiger partial charge < -0.3 is 10.8 Å². The first-order chi connectivity index (χ1) is 6.06. The fourth-order valence-electron chi connectivity index (χ4n) is 0.606. The molecular formula is C9H12ClNO2. The van der Waals surface area contributed by atoms with Gasteiger partial charge in [-0.05, 0) is 24.6 Å². The van der Waals surface area contributed by atoms with Crippen molar-refractivity contribution in [2.24, 2.45) is 5.73 Å². The van der Waals surface area contributed by atoms with E-state index in [1.165, 1.54) is 5.56 Å². The highest BCUT2D eigenvalue weighted by Crippen LogP contribution is 2.08. The molecule has 3 N–H and O–H groups in total. The van der Waals surface area contributed by atoms with E-state index in [0.717, 1.165) is 5.02 Å². The second-order valence-electron chi connectivity index (χ2n) is 2.40. The summed E-state index contributed by atoms with van der Waals surface area (Å²) in [6, 6.07) is 7.76. The Kier molecular flexibility index (Phi) is 5.93. The molecule has 0 aliphatic heterocycles. The third-order valence-electron chi connectivity index (χ3n) is 1.15. The lowest BCUT2D eigenvalue weighted by Crippen LogP contribution is -2.10. The molecule has 0 saturated carbocycles. The molecule has 4 heteroatoms. The van der Waals surface area contributed by atoms with Crippen molar-refractivity contribution in [1.82, 2.24) is 0 Å². The van der Waals surface area contributed by atoms with Crippen molar-refractivity contribution in [2.75, 3.05) is 6.54 Å².